The Kier molecular flexibility index (Phi) is 7.25. The molecule has 28 heavy (non-hydrogen) atoms. The second-order valence-corrected chi connectivity index (χ2v) is 8.02. The van der Waals surface area contributed by atoms with Crippen molar-refractivity contribution in [2.75, 3.05) is 13.1 Å². The van der Waals surface area contributed by atoms with Gasteiger partial charge in [0.05, 0.1) is 12.1 Å². The molecule has 0 radical (unpaired) electrons. The lowest BCUT2D eigenvalue weighted by molar-refractivity contribution is -0.122. The first-order valence-electron chi connectivity index (χ1n) is 9.42. The summed E-state index contributed by atoms with van der Waals surface area (Å²) in [6.45, 7) is 6.21. The van der Waals surface area contributed by atoms with Gasteiger partial charge in [0.2, 0.25) is 5.91 Å². The Balaban J connectivity index is 1.85. The summed E-state index contributed by atoms with van der Waals surface area (Å²) in [5, 5.41) is 14.8. The number of ether oxygens (including phenoxy) is 1. The van der Waals surface area contributed by atoms with Gasteiger partial charge in [0.1, 0.15) is 13.2 Å². The first kappa shape index (κ1) is 21.5. The molecule has 1 aliphatic rings. The SMILES string of the molecule is CC(C)(C)C1C(NC(=O)CNC(=O)OCc2ccccc2)CCCN1C(=O)O. The molecule has 3 amide bonds. The van der Waals surface area contributed by atoms with E-state index >= 15 is 0 Å². The van der Waals surface area contributed by atoms with Gasteiger partial charge in [0.15, 0.2) is 0 Å². The fraction of sp³-hybridized carbons (Fsp3) is 0.550. The van der Waals surface area contributed by atoms with Gasteiger partial charge in [-0.1, -0.05) is 51.1 Å². The molecule has 154 valence electrons. The van der Waals surface area contributed by atoms with Crippen LogP contribution in [0.4, 0.5) is 9.59 Å². The molecule has 1 fully saturated rings. The van der Waals surface area contributed by atoms with Gasteiger partial charge >= 0.3 is 12.2 Å². The number of amides is 3. The average Bonchev–Trinajstić information content (AvgIpc) is 2.64. The maximum Gasteiger partial charge on any atom is 0.407 e. The largest absolute Gasteiger partial charge is 0.465 e. The minimum Gasteiger partial charge on any atom is -0.465 e. The highest BCUT2D eigenvalue weighted by atomic mass is 16.5. The van der Waals surface area contributed by atoms with E-state index in [1.165, 1.54) is 4.90 Å². The van der Waals surface area contributed by atoms with Crippen LogP contribution in [0.1, 0.15) is 39.2 Å². The zero-order valence-corrected chi connectivity index (χ0v) is 16.6. The van der Waals surface area contributed by atoms with E-state index in [1.807, 2.05) is 51.1 Å². The maximum atomic E-state index is 12.3. The van der Waals surface area contributed by atoms with Gasteiger partial charge in [-0.3, -0.25) is 4.79 Å². The van der Waals surface area contributed by atoms with Crippen LogP contribution in [0.25, 0.3) is 0 Å². The summed E-state index contributed by atoms with van der Waals surface area (Å²) in [4.78, 5) is 37.1. The van der Waals surface area contributed by atoms with Crippen molar-refractivity contribution in [3.05, 3.63) is 35.9 Å². The third kappa shape index (κ3) is 6.14. The lowest BCUT2D eigenvalue weighted by Crippen LogP contribution is -2.62. The molecular formula is C20H29N3O5. The van der Waals surface area contributed by atoms with Crippen molar-refractivity contribution in [1.82, 2.24) is 15.5 Å². The van der Waals surface area contributed by atoms with E-state index in [0.717, 1.165) is 5.56 Å². The molecule has 0 spiro atoms. The summed E-state index contributed by atoms with van der Waals surface area (Å²) < 4.78 is 5.08. The van der Waals surface area contributed by atoms with Crippen LogP contribution in [0.2, 0.25) is 0 Å². The third-order valence-corrected chi connectivity index (χ3v) is 4.72. The van der Waals surface area contributed by atoms with Crippen molar-refractivity contribution in [2.45, 2.75) is 52.3 Å². The molecule has 8 nitrogen and oxygen atoms in total. The van der Waals surface area contributed by atoms with Gasteiger partial charge in [-0.25, -0.2) is 9.59 Å². The average molecular weight is 391 g/mol. The van der Waals surface area contributed by atoms with Crippen LogP contribution in [0.5, 0.6) is 0 Å². The standard InChI is InChI=1S/C20H29N3O5/c1-20(2,3)17-15(10-7-11-23(17)19(26)27)22-16(24)12-21-18(25)28-13-14-8-5-4-6-9-14/h4-6,8-9,15,17H,7,10-13H2,1-3H3,(H,21,25)(H,22,24)(H,26,27). The van der Waals surface area contributed by atoms with E-state index < -0.39 is 12.2 Å². The predicted molar refractivity (Wildman–Crippen MR) is 104 cm³/mol. The normalized spacial score (nSPS) is 19.6. The Morgan fingerprint density at radius 1 is 1.21 bits per heavy atom. The monoisotopic (exact) mass is 391 g/mol. The molecule has 1 saturated heterocycles. The number of hydrogen-bond donors (Lipinski definition) is 3. The van der Waals surface area contributed by atoms with Crippen molar-refractivity contribution in [1.29, 1.82) is 0 Å². The molecule has 2 atom stereocenters. The fourth-order valence-electron chi connectivity index (χ4n) is 3.62. The minimum atomic E-state index is -0.985. The Labute approximate surface area is 165 Å². The number of hydrogen-bond acceptors (Lipinski definition) is 4. The van der Waals surface area contributed by atoms with Crippen LogP contribution >= 0.6 is 0 Å². The van der Waals surface area contributed by atoms with E-state index in [2.05, 4.69) is 10.6 Å². The molecule has 2 rings (SSSR count). The summed E-state index contributed by atoms with van der Waals surface area (Å²) >= 11 is 0. The van der Waals surface area contributed by atoms with Gasteiger partial charge in [-0.2, -0.15) is 0 Å². The van der Waals surface area contributed by atoms with Gasteiger partial charge in [-0.05, 0) is 23.8 Å². The van der Waals surface area contributed by atoms with Crippen LogP contribution in [0.15, 0.2) is 30.3 Å². The number of nitrogens with one attached hydrogen (secondary N) is 2. The van der Waals surface area contributed by atoms with Crippen LogP contribution in [0.3, 0.4) is 0 Å². The predicted octanol–water partition coefficient (Wildman–Crippen LogP) is 2.59. The summed E-state index contributed by atoms with van der Waals surface area (Å²) in [5.41, 5.74) is 0.518. The summed E-state index contributed by atoms with van der Waals surface area (Å²) in [6.07, 6.45) is -0.296. The first-order valence-corrected chi connectivity index (χ1v) is 9.42. The van der Waals surface area contributed by atoms with E-state index in [9.17, 15) is 19.5 Å². The molecule has 1 aromatic carbocycles. The molecule has 2 unspecified atom stereocenters. The van der Waals surface area contributed by atoms with Gasteiger partial charge < -0.3 is 25.4 Å². The fourth-order valence-corrected chi connectivity index (χ4v) is 3.62. The minimum absolute atomic E-state index is 0.122. The van der Waals surface area contributed by atoms with Crippen molar-refractivity contribution in [2.24, 2.45) is 5.41 Å². The number of alkyl carbamates (subject to hydrolysis) is 1. The van der Waals surface area contributed by atoms with E-state index in [1.54, 1.807) is 0 Å². The molecule has 1 aromatic rings. The van der Waals surface area contributed by atoms with E-state index in [4.69, 9.17) is 4.74 Å². The highest BCUT2D eigenvalue weighted by Crippen LogP contribution is 2.32. The highest BCUT2D eigenvalue weighted by molar-refractivity contribution is 5.82. The lowest BCUT2D eigenvalue weighted by atomic mass is 9.77. The molecule has 0 bridgehead atoms. The van der Waals surface area contributed by atoms with E-state index in [-0.39, 0.29) is 36.6 Å². The zero-order chi connectivity index (χ0) is 20.7. The molecule has 0 aliphatic carbocycles. The van der Waals surface area contributed by atoms with Crippen molar-refractivity contribution < 1.29 is 24.2 Å². The number of carbonyl (C=O) groups is 3. The number of benzene rings is 1. The van der Waals surface area contributed by atoms with Crippen LogP contribution in [0, 0.1) is 5.41 Å². The number of nitrogens with zero attached hydrogens (tertiary/aromatic N) is 1. The topological polar surface area (TPSA) is 108 Å². The first-order chi connectivity index (χ1) is 13.2. The number of carboxylic acid groups (broad SMARTS) is 1. The second kappa shape index (κ2) is 9.43. The summed E-state index contributed by atoms with van der Waals surface area (Å²) in [7, 11) is 0. The molecule has 8 heteroatoms. The van der Waals surface area contributed by atoms with Crippen molar-refractivity contribution >= 4 is 18.1 Å². The number of piperidine rings is 1. The summed E-state index contributed by atoms with van der Waals surface area (Å²) in [6, 6.07) is 8.59. The molecule has 1 heterocycles. The number of rotatable bonds is 5. The smallest absolute Gasteiger partial charge is 0.407 e. The summed E-state index contributed by atoms with van der Waals surface area (Å²) in [5.74, 6) is -0.372. The highest BCUT2D eigenvalue weighted by Gasteiger charge is 2.42. The van der Waals surface area contributed by atoms with Crippen LogP contribution in [-0.2, 0) is 16.1 Å². The number of carbonyl (C=O) groups excluding carboxylic acids is 2. The van der Waals surface area contributed by atoms with E-state index in [0.29, 0.717) is 19.4 Å². The van der Waals surface area contributed by atoms with Gasteiger partial charge in [0, 0.05) is 6.54 Å². The van der Waals surface area contributed by atoms with Crippen molar-refractivity contribution in [3.63, 3.8) is 0 Å². The van der Waals surface area contributed by atoms with Crippen LogP contribution in [-0.4, -0.2) is 53.3 Å². The molecular weight excluding hydrogens is 362 g/mol. The Bertz CT molecular complexity index is 687. The number of likely N-dealkylation sites (tertiary alicyclic amines) is 1. The maximum absolute atomic E-state index is 12.3. The quantitative estimate of drug-likeness (QED) is 0.715. The van der Waals surface area contributed by atoms with Crippen LogP contribution < -0.4 is 10.6 Å². The van der Waals surface area contributed by atoms with Crippen molar-refractivity contribution in [3.8, 4) is 0 Å². The molecule has 3 N–H and O–H groups in total. The second-order valence-electron chi connectivity index (χ2n) is 8.02. The Hall–Kier alpha value is -2.77. The Morgan fingerprint density at radius 3 is 2.50 bits per heavy atom. The lowest BCUT2D eigenvalue weighted by Gasteiger charge is -2.46. The Morgan fingerprint density at radius 2 is 1.89 bits per heavy atom. The van der Waals surface area contributed by atoms with Gasteiger partial charge in [-0.15, -0.1) is 0 Å². The molecule has 1 aliphatic heterocycles. The molecule has 0 aromatic heterocycles. The molecule has 0 saturated carbocycles. The third-order valence-electron chi connectivity index (χ3n) is 4.72. The van der Waals surface area contributed by atoms with Gasteiger partial charge in [0.25, 0.3) is 0 Å². The zero-order valence-electron chi connectivity index (χ0n) is 16.6.